The molecule has 7 heteroatoms. The number of rotatable bonds is 6. The number of para-hydroxylation sites is 1. The zero-order valence-corrected chi connectivity index (χ0v) is 16.8. The average Bonchev–Trinajstić information content (AvgIpc) is 3.00. The van der Waals surface area contributed by atoms with Crippen molar-refractivity contribution in [1.82, 2.24) is 14.9 Å². The molecule has 1 atom stereocenters. The molecule has 1 aliphatic heterocycles. The third-order valence-electron chi connectivity index (χ3n) is 4.29. The van der Waals surface area contributed by atoms with Crippen molar-refractivity contribution in [1.29, 1.82) is 0 Å². The Balaban J connectivity index is 0.00000225. The number of nitrogens with one attached hydrogen (secondary N) is 1. The number of hydrogen-bond donors (Lipinski definition) is 2. The molecule has 0 radical (unpaired) electrons. The Morgan fingerprint density at radius 3 is 3.04 bits per heavy atom. The highest BCUT2D eigenvalue weighted by atomic mass is 127. The summed E-state index contributed by atoms with van der Waals surface area (Å²) in [4.78, 5) is 8.67. The van der Waals surface area contributed by atoms with E-state index in [1.807, 2.05) is 37.5 Å². The van der Waals surface area contributed by atoms with Crippen LogP contribution in [0.2, 0.25) is 0 Å². The van der Waals surface area contributed by atoms with Gasteiger partial charge in [-0.1, -0.05) is 18.2 Å². The number of ether oxygens (including phenoxy) is 1. The summed E-state index contributed by atoms with van der Waals surface area (Å²) in [6.45, 7) is 4.43. The van der Waals surface area contributed by atoms with Crippen molar-refractivity contribution in [2.75, 3.05) is 13.2 Å². The Labute approximate surface area is 165 Å². The number of halogens is 1. The van der Waals surface area contributed by atoms with Gasteiger partial charge < -0.3 is 20.4 Å². The summed E-state index contributed by atoms with van der Waals surface area (Å²) in [5, 5.41) is 3.32. The van der Waals surface area contributed by atoms with E-state index in [0.29, 0.717) is 12.6 Å². The highest BCUT2D eigenvalue weighted by molar-refractivity contribution is 14.0. The molecule has 3 rings (SSSR count). The van der Waals surface area contributed by atoms with Crippen LogP contribution >= 0.6 is 24.0 Å². The van der Waals surface area contributed by atoms with Gasteiger partial charge in [-0.15, -0.1) is 24.0 Å². The van der Waals surface area contributed by atoms with Gasteiger partial charge in [-0.2, -0.15) is 0 Å². The van der Waals surface area contributed by atoms with Crippen molar-refractivity contribution in [3.8, 4) is 5.75 Å². The van der Waals surface area contributed by atoms with E-state index in [2.05, 4.69) is 25.9 Å². The minimum atomic E-state index is 0. The van der Waals surface area contributed by atoms with E-state index in [0.717, 1.165) is 49.5 Å². The molecule has 1 aromatic heterocycles. The average molecular weight is 455 g/mol. The Morgan fingerprint density at radius 1 is 1.40 bits per heavy atom. The van der Waals surface area contributed by atoms with Crippen molar-refractivity contribution < 1.29 is 4.74 Å². The second kappa shape index (κ2) is 9.65. The van der Waals surface area contributed by atoms with Crippen LogP contribution in [0.3, 0.4) is 0 Å². The van der Waals surface area contributed by atoms with Crippen LogP contribution in [0.1, 0.15) is 36.7 Å². The summed E-state index contributed by atoms with van der Waals surface area (Å²) >= 11 is 0. The van der Waals surface area contributed by atoms with E-state index in [1.165, 1.54) is 0 Å². The molecule has 1 unspecified atom stereocenters. The number of guanidine groups is 1. The number of hydrogen-bond acceptors (Lipinski definition) is 3. The molecule has 3 N–H and O–H groups in total. The molecule has 136 valence electrons. The fourth-order valence-electron chi connectivity index (χ4n) is 2.95. The first kappa shape index (κ1) is 19.6. The van der Waals surface area contributed by atoms with E-state index in [9.17, 15) is 0 Å². The molecule has 25 heavy (non-hydrogen) atoms. The Bertz CT molecular complexity index is 700. The molecule has 6 nitrogen and oxygen atoms in total. The normalized spacial score (nSPS) is 16.5. The number of nitrogens with two attached hydrogens (primary N) is 1. The molecule has 2 heterocycles. The van der Waals surface area contributed by atoms with E-state index in [1.54, 1.807) is 0 Å². The van der Waals surface area contributed by atoms with Gasteiger partial charge >= 0.3 is 0 Å². The molecule has 0 bridgehead atoms. The van der Waals surface area contributed by atoms with Crippen LogP contribution in [0.5, 0.6) is 5.75 Å². The summed E-state index contributed by atoms with van der Waals surface area (Å²) in [6, 6.07) is 8.25. The summed E-state index contributed by atoms with van der Waals surface area (Å²) in [7, 11) is 0. The Kier molecular flexibility index (Phi) is 7.54. The molecule has 0 saturated carbocycles. The maximum absolute atomic E-state index is 6.05. The lowest BCUT2D eigenvalue weighted by atomic mass is 10.0. The van der Waals surface area contributed by atoms with Crippen LogP contribution in [0, 0.1) is 6.92 Å². The highest BCUT2D eigenvalue weighted by Gasteiger charge is 2.21. The monoisotopic (exact) mass is 455 g/mol. The smallest absolute Gasteiger partial charge is 0.189 e. The first-order valence-electron chi connectivity index (χ1n) is 8.50. The van der Waals surface area contributed by atoms with Crippen molar-refractivity contribution in [2.24, 2.45) is 10.7 Å². The topological polar surface area (TPSA) is 77.5 Å². The fraction of sp³-hybridized carbons (Fsp3) is 0.444. The number of benzene rings is 1. The lowest BCUT2D eigenvalue weighted by Crippen LogP contribution is -2.37. The van der Waals surface area contributed by atoms with E-state index < -0.39 is 0 Å². The molecule has 0 spiro atoms. The summed E-state index contributed by atoms with van der Waals surface area (Å²) in [5.74, 6) is 2.50. The molecule has 0 amide bonds. The van der Waals surface area contributed by atoms with Crippen molar-refractivity contribution in [3.63, 3.8) is 0 Å². The van der Waals surface area contributed by atoms with Gasteiger partial charge in [0.2, 0.25) is 0 Å². The predicted molar refractivity (Wildman–Crippen MR) is 111 cm³/mol. The molecular formula is C18H26IN5O. The Hall–Kier alpha value is -1.77. The number of aromatic nitrogens is 2. The molecule has 1 aromatic carbocycles. The van der Waals surface area contributed by atoms with Crippen molar-refractivity contribution in [2.45, 2.75) is 38.8 Å². The predicted octanol–water partition coefficient (Wildman–Crippen LogP) is 3.02. The van der Waals surface area contributed by atoms with Gasteiger partial charge in [0.15, 0.2) is 5.96 Å². The lowest BCUT2D eigenvalue weighted by Gasteiger charge is -2.26. The molecule has 0 saturated heterocycles. The Morgan fingerprint density at radius 2 is 2.24 bits per heavy atom. The van der Waals surface area contributed by atoms with Crippen LogP contribution in [-0.2, 0) is 6.54 Å². The first-order chi connectivity index (χ1) is 11.7. The largest absolute Gasteiger partial charge is 0.493 e. The third kappa shape index (κ3) is 5.35. The van der Waals surface area contributed by atoms with Crippen LogP contribution in [-0.4, -0.2) is 28.7 Å². The van der Waals surface area contributed by atoms with E-state index >= 15 is 0 Å². The first-order valence-corrected chi connectivity index (χ1v) is 8.50. The summed E-state index contributed by atoms with van der Waals surface area (Å²) in [6.07, 6.45) is 6.81. The minimum Gasteiger partial charge on any atom is -0.493 e. The van der Waals surface area contributed by atoms with Crippen LogP contribution in [0.25, 0.3) is 0 Å². The van der Waals surface area contributed by atoms with Crippen molar-refractivity contribution >= 4 is 29.9 Å². The molecule has 0 aliphatic carbocycles. The van der Waals surface area contributed by atoms with Crippen LogP contribution < -0.4 is 15.8 Å². The van der Waals surface area contributed by atoms with Gasteiger partial charge in [0.1, 0.15) is 11.6 Å². The zero-order chi connectivity index (χ0) is 16.8. The van der Waals surface area contributed by atoms with E-state index in [4.69, 9.17) is 10.5 Å². The SMILES string of the molecule is Cc1nccn1CCCCN=C(N)NC1CCOc2ccccc21.I. The van der Waals surface area contributed by atoms with Crippen molar-refractivity contribution in [3.05, 3.63) is 48.0 Å². The molecular weight excluding hydrogens is 429 g/mol. The van der Waals surface area contributed by atoms with Gasteiger partial charge in [-0.05, 0) is 25.8 Å². The van der Waals surface area contributed by atoms with Gasteiger partial charge in [0.25, 0.3) is 0 Å². The third-order valence-corrected chi connectivity index (χ3v) is 4.29. The second-order valence-corrected chi connectivity index (χ2v) is 6.01. The number of fused-ring (bicyclic) bond motifs is 1. The quantitative estimate of drug-likeness (QED) is 0.304. The van der Waals surface area contributed by atoms with Gasteiger partial charge in [0.05, 0.1) is 12.6 Å². The molecule has 1 aliphatic rings. The van der Waals surface area contributed by atoms with Gasteiger partial charge in [0, 0.05) is 37.5 Å². The summed E-state index contributed by atoms with van der Waals surface area (Å²) < 4.78 is 7.82. The zero-order valence-electron chi connectivity index (χ0n) is 14.5. The van der Waals surface area contributed by atoms with Gasteiger partial charge in [-0.3, -0.25) is 4.99 Å². The second-order valence-electron chi connectivity index (χ2n) is 6.01. The number of aliphatic imine (C=N–C) groups is 1. The standard InChI is InChI=1S/C18H25N5O.HI/c1-14-20-10-12-23(14)11-5-4-9-21-18(19)22-16-8-13-24-17-7-3-2-6-15(16)17;/h2-3,6-7,10,12,16H,4-5,8-9,11,13H2,1H3,(H3,19,21,22);1H. The number of nitrogens with zero attached hydrogens (tertiary/aromatic N) is 3. The molecule has 2 aromatic rings. The van der Waals surface area contributed by atoms with Crippen LogP contribution in [0.15, 0.2) is 41.7 Å². The number of aryl methyl sites for hydroxylation is 2. The maximum atomic E-state index is 6.05. The lowest BCUT2D eigenvalue weighted by molar-refractivity contribution is 0.262. The molecule has 0 fully saturated rings. The summed E-state index contributed by atoms with van der Waals surface area (Å²) in [5.41, 5.74) is 7.20. The fourth-order valence-corrected chi connectivity index (χ4v) is 2.95. The van der Waals surface area contributed by atoms with E-state index in [-0.39, 0.29) is 30.0 Å². The van der Waals surface area contributed by atoms with Gasteiger partial charge in [-0.25, -0.2) is 4.98 Å². The van der Waals surface area contributed by atoms with Crippen LogP contribution in [0.4, 0.5) is 0 Å². The maximum Gasteiger partial charge on any atom is 0.189 e. The highest BCUT2D eigenvalue weighted by Crippen LogP contribution is 2.31. The minimum absolute atomic E-state index is 0. The number of imidazole rings is 1. The number of unbranched alkanes of at least 4 members (excludes halogenated alkanes) is 1.